The number of nitrogens with two attached hydrogens (primary N) is 1. The topological polar surface area (TPSA) is 406 Å². The molecular formula is C50H60N6O21P2S2. The number of amides is 1. The highest BCUT2D eigenvalue weighted by atomic mass is 32.2. The van der Waals surface area contributed by atoms with Crippen LogP contribution in [0.25, 0.3) is 16.7 Å². The van der Waals surface area contributed by atoms with Crippen LogP contribution in [0, 0.1) is 0 Å². The van der Waals surface area contributed by atoms with Crippen molar-refractivity contribution < 1.29 is 92.6 Å². The van der Waals surface area contributed by atoms with Gasteiger partial charge in [-0.05, 0) is 79.8 Å². The van der Waals surface area contributed by atoms with Crippen molar-refractivity contribution in [3.63, 3.8) is 0 Å². The van der Waals surface area contributed by atoms with Gasteiger partial charge in [-0.2, -0.15) is 21.8 Å². The lowest BCUT2D eigenvalue weighted by atomic mass is 9.83. The molecule has 0 spiro atoms. The van der Waals surface area contributed by atoms with Gasteiger partial charge in [0.15, 0.2) is 11.8 Å². The molecule has 0 bridgehead atoms. The highest BCUT2D eigenvalue weighted by Gasteiger charge is 2.50. The van der Waals surface area contributed by atoms with Crippen molar-refractivity contribution in [1.82, 2.24) is 19.4 Å². The van der Waals surface area contributed by atoms with Crippen molar-refractivity contribution in [3.8, 4) is 11.5 Å². The number of unbranched alkanes of at least 4 members (excludes halogenated alkanes) is 3. The molecule has 3 aromatic carbocycles. The van der Waals surface area contributed by atoms with E-state index in [9.17, 15) is 74.3 Å². The van der Waals surface area contributed by atoms with Crippen LogP contribution < -0.4 is 46.6 Å². The number of nitrogen functional groups attached to an aromatic ring is 1. The number of nitrogens with zero attached hydrogens (tertiary/aromatic N) is 4. The zero-order valence-corrected chi connectivity index (χ0v) is 47.8. The minimum absolute atomic E-state index is 0.0325. The number of hydrogen-bond acceptors (Lipinski definition) is 19. The monoisotopic (exact) mass is 1210 g/mol. The summed E-state index contributed by atoms with van der Waals surface area (Å²) in [6, 6.07) is 11.7. The molecule has 1 aromatic heterocycles. The van der Waals surface area contributed by atoms with Crippen molar-refractivity contribution in [2.24, 2.45) is 0 Å². The summed E-state index contributed by atoms with van der Waals surface area (Å²) in [7, 11) is -15.7. The number of nitrogens with one attached hydrogen (secondary N) is 1. The molecule has 9 N–H and O–H groups in total. The third kappa shape index (κ3) is 13.8. The predicted octanol–water partition coefficient (Wildman–Crippen LogP) is 1.09. The summed E-state index contributed by atoms with van der Waals surface area (Å²) < 4.78 is 124. The van der Waals surface area contributed by atoms with Crippen molar-refractivity contribution in [2.45, 2.75) is 89.0 Å². The van der Waals surface area contributed by atoms with Crippen LogP contribution in [0.4, 0.5) is 11.5 Å². The number of rotatable bonds is 21. The van der Waals surface area contributed by atoms with E-state index in [0.717, 1.165) is 16.8 Å². The number of phosphoric acid groups is 2. The number of carboxylic acid groups (broad SMARTS) is 1. The number of fused-ring (bicyclic) bond motifs is 4. The number of aliphatic hydroxyl groups is 1. The second-order valence-electron chi connectivity index (χ2n) is 20.9. The van der Waals surface area contributed by atoms with Crippen LogP contribution in [0.5, 0.6) is 11.5 Å². The standard InChI is InChI=1S/C50H60N6O21P2S2/c1-49(2)22-28(25-80(67,68)69)31-18-34-38(20-36(31)54(49)5)75-39-21-37-32(29(26-81(70,71)72)23-50(3,4)55(37)6)19-35(39)42(34)30-12-11-27(17-33(30)47(59)60)45(58)52-14-9-7-8-10-16-73-79(65,66)77-44-40(24-74-78(62,63)64)76-46(43(44)57)56-15-13-41(51)53-48(56)61/h11-13,15,17-23,40,43-44,46,57H,7-10,14,16,24-26H2,1-6H3,(H8-,51,52,53,58,59,60,61,62,63,64,65,66,67,68,69,70,71,72)/t40-,43-,44-,46-/m1/s1. The molecule has 5 heterocycles. The van der Waals surface area contributed by atoms with Gasteiger partial charge in [0.1, 0.15) is 54.2 Å². The van der Waals surface area contributed by atoms with Crippen LogP contribution in [0.1, 0.15) is 103 Å². The molecule has 81 heavy (non-hydrogen) atoms. The first kappa shape index (κ1) is 61.1. The van der Waals surface area contributed by atoms with Gasteiger partial charge in [-0.1, -0.05) is 25.0 Å². The summed E-state index contributed by atoms with van der Waals surface area (Å²) in [5.74, 6) is -3.59. The highest BCUT2D eigenvalue weighted by molar-refractivity contribution is 7.86. The first-order valence-corrected chi connectivity index (χ1v) is 31.2. The number of carbonyl (C=O) groups excluding carboxylic acids is 2. The van der Waals surface area contributed by atoms with Gasteiger partial charge in [0.25, 0.3) is 26.1 Å². The van der Waals surface area contributed by atoms with Gasteiger partial charge >= 0.3 is 21.3 Å². The van der Waals surface area contributed by atoms with Crippen LogP contribution in [0.2, 0.25) is 0 Å². The van der Waals surface area contributed by atoms with E-state index in [1.807, 2.05) is 37.2 Å². The molecule has 5 atom stereocenters. The summed E-state index contributed by atoms with van der Waals surface area (Å²) in [6.45, 7) is 6.19. The third-order valence-corrected chi connectivity index (χ3v) is 17.2. The quantitative estimate of drug-likeness (QED) is 0.0221. The Hall–Kier alpha value is -6.01. The molecule has 4 aromatic rings. The second-order valence-corrected chi connectivity index (χ2v) is 26.4. The van der Waals surface area contributed by atoms with Gasteiger partial charge in [0, 0.05) is 78.4 Å². The van der Waals surface area contributed by atoms with E-state index in [1.54, 1.807) is 50.5 Å². The maximum atomic E-state index is 13.6. The lowest BCUT2D eigenvalue weighted by molar-refractivity contribution is -0.255. The van der Waals surface area contributed by atoms with Gasteiger partial charge in [0.2, 0.25) is 5.36 Å². The molecule has 8 rings (SSSR count). The number of aliphatic hydroxyl groups excluding tert-OH is 1. The summed E-state index contributed by atoms with van der Waals surface area (Å²) in [5.41, 5.74) is 4.76. The molecule has 31 heteroatoms. The van der Waals surface area contributed by atoms with Gasteiger partial charge < -0.3 is 55.1 Å². The molecule has 0 aliphatic carbocycles. The first-order valence-electron chi connectivity index (χ1n) is 24.9. The van der Waals surface area contributed by atoms with E-state index in [2.05, 4.69) is 14.8 Å². The molecule has 1 saturated heterocycles. The number of anilines is 2. The fourth-order valence-electron chi connectivity index (χ4n) is 10.1. The van der Waals surface area contributed by atoms with Crippen LogP contribution in [-0.2, 0) is 47.7 Å². The zero-order chi connectivity index (χ0) is 59.5. The fourth-order valence-corrected chi connectivity index (χ4v) is 12.7. The normalized spacial score (nSPS) is 20.9. The minimum Gasteiger partial charge on any atom is -0.545 e. The Bertz CT molecular complexity index is 3840. The Morgan fingerprint density at radius 2 is 1.54 bits per heavy atom. The second kappa shape index (κ2) is 22.6. The molecule has 0 saturated carbocycles. The van der Waals surface area contributed by atoms with E-state index in [4.69, 9.17) is 24.3 Å². The summed E-state index contributed by atoms with van der Waals surface area (Å²) in [6.07, 6.45) is -0.993. The van der Waals surface area contributed by atoms with Crippen LogP contribution in [0.3, 0.4) is 0 Å². The maximum Gasteiger partial charge on any atom is 0.472 e. The third-order valence-electron chi connectivity index (χ3n) is 14.3. The molecule has 4 aliphatic heterocycles. The lowest BCUT2D eigenvalue weighted by Gasteiger charge is -2.41. The average molecular weight is 1210 g/mol. The lowest BCUT2D eigenvalue weighted by Crippen LogP contribution is -2.47. The van der Waals surface area contributed by atoms with Crippen LogP contribution in [-0.4, -0.2) is 142 Å². The van der Waals surface area contributed by atoms with E-state index < -0.39 is 113 Å². The number of carboxylic acids is 1. The number of ether oxygens (including phenoxy) is 2. The van der Waals surface area contributed by atoms with E-state index in [1.165, 1.54) is 18.2 Å². The van der Waals surface area contributed by atoms with Gasteiger partial charge in [-0.3, -0.25) is 32.0 Å². The van der Waals surface area contributed by atoms with Gasteiger partial charge in [-0.15, -0.1) is 0 Å². The summed E-state index contributed by atoms with van der Waals surface area (Å²) in [4.78, 5) is 73.8. The van der Waals surface area contributed by atoms with E-state index in [0.29, 0.717) is 41.4 Å². The Balaban J connectivity index is 1.01. The molecule has 1 unspecified atom stereocenters. The molecule has 27 nitrogen and oxygen atoms in total. The highest BCUT2D eigenvalue weighted by Crippen LogP contribution is 2.50. The number of aromatic carboxylic acids is 1. The Labute approximate surface area is 464 Å². The predicted molar refractivity (Wildman–Crippen MR) is 289 cm³/mol. The molecule has 438 valence electrons. The molecule has 4 aliphatic rings. The van der Waals surface area contributed by atoms with Crippen LogP contribution >= 0.6 is 15.6 Å². The SMILES string of the molecule is CN1c2cc3c(cc2C(CS(=O)(=O)O)=CC1(C)C)C(c1ccc(C(=O)NCCCCCCOP(=O)(O)O[C@H]2[C@@H](O)[C@H](n4ccc(N)nc4=O)O[C@@H]2COP(=O)(O)O)cc1C(=O)[O-])=c1cc2c(cc1O3)=[N+](C)C(C)(C)C=C2CS(=O)(=O)O. The number of phosphoric ester groups is 2. The number of carbonyl (C=O) groups is 2. The van der Waals surface area contributed by atoms with Gasteiger partial charge in [-0.25, -0.2) is 18.5 Å². The van der Waals surface area contributed by atoms with E-state index in [-0.39, 0.29) is 75.5 Å². The molecule has 1 amide bonds. The summed E-state index contributed by atoms with van der Waals surface area (Å²) >= 11 is 0. The zero-order valence-electron chi connectivity index (χ0n) is 44.4. The van der Waals surface area contributed by atoms with Crippen molar-refractivity contribution in [2.75, 3.05) is 56.0 Å². The Kier molecular flexibility index (Phi) is 17.1. The number of likely N-dealkylation sites (N-methyl/N-ethyl adjacent to an activating group) is 2. The number of hydrogen-bond donors (Lipinski definition) is 8. The number of aromatic nitrogens is 2. The van der Waals surface area contributed by atoms with Crippen molar-refractivity contribution in [1.29, 1.82) is 0 Å². The molecule has 0 radical (unpaired) electrons. The first-order chi connectivity index (χ1) is 37.5. The van der Waals surface area contributed by atoms with Crippen LogP contribution in [0.15, 0.2) is 71.7 Å². The average Bonchev–Trinajstić information content (AvgIpc) is 3.73. The van der Waals surface area contributed by atoms with E-state index >= 15 is 0 Å². The fraction of sp³-hybridized carbons (Fsp3) is 0.420. The Morgan fingerprint density at radius 3 is 2.19 bits per heavy atom. The minimum atomic E-state index is -5.10. The van der Waals surface area contributed by atoms with Crippen molar-refractivity contribution in [3.05, 3.63) is 121 Å². The van der Waals surface area contributed by atoms with Crippen molar-refractivity contribution >= 4 is 76.0 Å². The summed E-state index contributed by atoms with van der Waals surface area (Å²) in [5, 5.41) is 27.8. The Morgan fingerprint density at radius 1 is 0.877 bits per heavy atom. The smallest absolute Gasteiger partial charge is 0.472 e. The number of benzene rings is 3. The van der Waals surface area contributed by atoms with Gasteiger partial charge in [0.05, 0.1) is 36.4 Å². The molecular weight excluding hydrogens is 1150 g/mol. The largest absolute Gasteiger partial charge is 0.545 e. The molecule has 1 fully saturated rings. The maximum absolute atomic E-state index is 13.6.